The molecule has 0 radical (unpaired) electrons. The minimum Gasteiger partial charge on any atom is -0.496 e. The molecular weight excluding hydrogens is 315 g/mol. The number of aryl methyl sites for hydroxylation is 1. The van der Waals surface area contributed by atoms with Gasteiger partial charge in [-0.15, -0.1) is 0 Å². The van der Waals surface area contributed by atoms with Crippen LogP contribution in [0.3, 0.4) is 0 Å². The first-order chi connectivity index (χ1) is 7.72. The predicted molar refractivity (Wildman–Crippen MR) is 75.5 cm³/mol. The van der Waals surface area contributed by atoms with Gasteiger partial charge in [-0.2, -0.15) is 0 Å². The molecule has 0 amide bonds. The van der Waals surface area contributed by atoms with Crippen LogP contribution in [0.5, 0.6) is 5.75 Å². The summed E-state index contributed by atoms with van der Waals surface area (Å²) in [7, 11) is 1.73. The molecule has 4 heteroatoms. The predicted octanol–water partition coefficient (Wildman–Crippen LogP) is 2.02. The summed E-state index contributed by atoms with van der Waals surface area (Å²) < 4.78 is 6.56. The van der Waals surface area contributed by atoms with E-state index in [1.165, 1.54) is 14.8 Å². The highest BCUT2D eigenvalue weighted by Crippen LogP contribution is 2.30. The molecule has 0 aromatic heterocycles. The molecular formula is C12H17IN2O. The molecule has 1 fully saturated rings. The summed E-state index contributed by atoms with van der Waals surface area (Å²) in [6, 6.07) is 4.35. The van der Waals surface area contributed by atoms with Crippen LogP contribution in [0.25, 0.3) is 0 Å². The lowest BCUT2D eigenvalue weighted by Crippen LogP contribution is -2.43. The minimum absolute atomic E-state index is 0.972. The minimum atomic E-state index is 0.972. The van der Waals surface area contributed by atoms with Gasteiger partial charge in [0.25, 0.3) is 0 Å². The van der Waals surface area contributed by atoms with Gasteiger partial charge in [0.05, 0.1) is 10.7 Å². The van der Waals surface area contributed by atoms with E-state index in [0.717, 1.165) is 31.9 Å². The van der Waals surface area contributed by atoms with Gasteiger partial charge in [-0.25, -0.2) is 0 Å². The molecule has 0 atom stereocenters. The Hall–Kier alpha value is -0.490. The van der Waals surface area contributed by atoms with Crippen molar-refractivity contribution in [3.05, 3.63) is 21.3 Å². The van der Waals surface area contributed by atoms with Crippen LogP contribution in [0, 0.1) is 10.5 Å². The maximum atomic E-state index is 5.38. The van der Waals surface area contributed by atoms with Crippen molar-refractivity contribution < 1.29 is 4.74 Å². The Morgan fingerprint density at radius 3 is 2.62 bits per heavy atom. The summed E-state index contributed by atoms with van der Waals surface area (Å²) in [5, 5.41) is 3.37. The third-order valence-electron chi connectivity index (χ3n) is 2.93. The van der Waals surface area contributed by atoms with Gasteiger partial charge in [-0.1, -0.05) is 0 Å². The number of benzene rings is 1. The SMILES string of the molecule is COc1cc(N2CCNCC2)c(C)cc1I. The van der Waals surface area contributed by atoms with Crippen molar-refractivity contribution >= 4 is 28.3 Å². The second kappa shape index (κ2) is 5.23. The highest BCUT2D eigenvalue weighted by Gasteiger charge is 2.14. The maximum absolute atomic E-state index is 5.38. The van der Waals surface area contributed by atoms with E-state index >= 15 is 0 Å². The molecule has 1 aliphatic rings. The van der Waals surface area contributed by atoms with E-state index in [0.29, 0.717) is 0 Å². The molecule has 16 heavy (non-hydrogen) atoms. The molecule has 0 aliphatic carbocycles. The van der Waals surface area contributed by atoms with Gasteiger partial charge in [-0.05, 0) is 41.1 Å². The molecule has 88 valence electrons. The third kappa shape index (κ3) is 2.43. The molecule has 1 heterocycles. The topological polar surface area (TPSA) is 24.5 Å². The first kappa shape index (κ1) is 12.0. The Kier molecular flexibility index (Phi) is 3.91. The maximum Gasteiger partial charge on any atom is 0.134 e. The highest BCUT2D eigenvalue weighted by atomic mass is 127. The van der Waals surface area contributed by atoms with E-state index in [1.807, 2.05) is 0 Å². The largest absolute Gasteiger partial charge is 0.496 e. The smallest absolute Gasteiger partial charge is 0.134 e. The number of halogens is 1. The van der Waals surface area contributed by atoms with E-state index in [2.05, 4.69) is 51.9 Å². The fourth-order valence-corrected chi connectivity index (χ4v) is 2.89. The van der Waals surface area contributed by atoms with Crippen LogP contribution in [0.15, 0.2) is 12.1 Å². The number of piperazine rings is 1. The summed E-state index contributed by atoms with van der Waals surface area (Å²) in [4.78, 5) is 2.42. The van der Waals surface area contributed by atoms with E-state index in [1.54, 1.807) is 7.11 Å². The Morgan fingerprint density at radius 2 is 2.00 bits per heavy atom. The van der Waals surface area contributed by atoms with Gasteiger partial charge in [0.15, 0.2) is 0 Å². The Labute approximate surface area is 110 Å². The molecule has 0 saturated carbocycles. The fraction of sp³-hybridized carbons (Fsp3) is 0.500. The van der Waals surface area contributed by atoms with E-state index < -0.39 is 0 Å². The van der Waals surface area contributed by atoms with Crippen LogP contribution in [0.2, 0.25) is 0 Å². The lowest BCUT2D eigenvalue weighted by Gasteiger charge is -2.31. The molecule has 1 aliphatic heterocycles. The molecule has 0 unspecified atom stereocenters. The zero-order valence-electron chi connectivity index (χ0n) is 9.72. The van der Waals surface area contributed by atoms with Crippen molar-refractivity contribution in [1.29, 1.82) is 0 Å². The molecule has 3 nitrogen and oxygen atoms in total. The number of methoxy groups -OCH3 is 1. The van der Waals surface area contributed by atoms with Crippen LogP contribution < -0.4 is 15.0 Å². The quantitative estimate of drug-likeness (QED) is 0.839. The first-order valence-corrected chi connectivity index (χ1v) is 6.60. The second-order valence-electron chi connectivity index (χ2n) is 4.01. The molecule has 2 rings (SSSR count). The van der Waals surface area contributed by atoms with Crippen molar-refractivity contribution in [1.82, 2.24) is 5.32 Å². The van der Waals surface area contributed by atoms with Crippen molar-refractivity contribution in [3.63, 3.8) is 0 Å². The summed E-state index contributed by atoms with van der Waals surface area (Å²) in [6.45, 7) is 6.44. The lowest BCUT2D eigenvalue weighted by molar-refractivity contribution is 0.411. The van der Waals surface area contributed by atoms with Gasteiger partial charge in [0.2, 0.25) is 0 Å². The van der Waals surface area contributed by atoms with Gasteiger partial charge in [-0.3, -0.25) is 0 Å². The summed E-state index contributed by atoms with van der Waals surface area (Å²) in [6.07, 6.45) is 0. The Bertz CT molecular complexity index is 376. The Balaban J connectivity index is 2.31. The zero-order valence-corrected chi connectivity index (χ0v) is 11.9. The fourth-order valence-electron chi connectivity index (χ4n) is 2.04. The average Bonchev–Trinajstić information content (AvgIpc) is 2.30. The van der Waals surface area contributed by atoms with Gasteiger partial charge >= 0.3 is 0 Å². The number of nitrogens with zero attached hydrogens (tertiary/aromatic N) is 1. The zero-order chi connectivity index (χ0) is 11.5. The van der Waals surface area contributed by atoms with Crippen LogP contribution in [0.1, 0.15) is 5.56 Å². The van der Waals surface area contributed by atoms with E-state index in [9.17, 15) is 0 Å². The van der Waals surface area contributed by atoms with Crippen molar-refractivity contribution in [3.8, 4) is 5.75 Å². The van der Waals surface area contributed by atoms with E-state index in [-0.39, 0.29) is 0 Å². The molecule has 1 N–H and O–H groups in total. The monoisotopic (exact) mass is 332 g/mol. The summed E-state index contributed by atoms with van der Waals surface area (Å²) in [5.74, 6) is 0.972. The molecule has 1 aromatic carbocycles. The van der Waals surface area contributed by atoms with Crippen molar-refractivity contribution in [2.75, 3.05) is 38.2 Å². The molecule has 1 aromatic rings. The van der Waals surface area contributed by atoms with Crippen LogP contribution >= 0.6 is 22.6 Å². The van der Waals surface area contributed by atoms with Crippen LogP contribution in [0.4, 0.5) is 5.69 Å². The first-order valence-electron chi connectivity index (χ1n) is 5.52. The number of anilines is 1. The number of ether oxygens (including phenoxy) is 1. The second-order valence-corrected chi connectivity index (χ2v) is 5.17. The van der Waals surface area contributed by atoms with Crippen molar-refractivity contribution in [2.45, 2.75) is 6.92 Å². The number of rotatable bonds is 2. The Morgan fingerprint density at radius 1 is 1.31 bits per heavy atom. The van der Waals surface area contributed by atoms with Gasteiger partial charge < -0.3 is 15.0 Å². The average molecular weight is 332 g/mol. The number of nitrogens with one attached hydrogen (secondary N) is 1. The van der Waals surface area contributed by atoms with Crippen LogP contribution in [-0.4, -0.2) is 33.3 Å². The normalized spacial score (nSPS) is 16.3. The van der Waals surface area contributed by atoms with Gasteiger partial charge in [0.1, 0.15) is 5.75 Å². The number of hydrogen-bond donors (Lipinski definition) is 1. The summed E-state index contributed by atoms with van der Waals surface area (Å²) >= 11 is 2.32. The van der Waals surface area contributed by atoms with Crippen molar-refractivity contribution in [2.24, 2.45) is 0 Å². The molecule has 0 bridgehead atoms. The van der Waals surface area contributed by atoms with Gasteiger partial charge in [0, 0.05) is 37.9 Å². The third-order valence-corrected chi connectivity index (χ3v) is 3.77. The van der Waals surface area contributed by atoms with Crippen LogP contribution in [-0.2, 0) is 0 Å². The molecule has 1 saturated heterocycles. The lowest BCUT2D eigenvalue weighted by atomic mass is 10.1. The summed E-state index contributed by atoms with van der Waals surface area (Å²) in [5.41, 5.74) is 2.63. The van der Waals surface area contributed by atoms with E-state index in [4.69, 9.17) is 4.74 Å². The molecule has 0 spiro atoms. The highest BCUT2D eigenvalue weighted by molar-refractivity contribution is 14.1. The standard InChI is InChI=1S/C12H17IN2O/c1-9-7-10(13)12(16-2)8-11(9)15-5-3-14-4-6-15/h7-8,14H,3-6H2,1-2H3. The number of hydrogen-bond acceptors (Lipinski definition) is 3.